The minimum Gasteiger partial charge on any atom is -0.380 e. The molecule has 1 nitrogen and oxygen atoms in total. The summed E-state index contributed by atoms with van der Waals surface area (Å²) in [5.41, 5.74) is 1.55. The third-order valence-electron chi connectivity index (χ3n) is 3.82. The molecular formula is C18H21ClO. The molecule has 1 atom stereocenters. The molecular weight excluding hydrogens is 268 g/mol. The van der Waals surface area contributed by atoms with Crippen molar-refractivity contribution in [3.8, 4) is 0 Å². The largest absolute Gasteiger partial charge is 0.380 e. The number of aliphatic hydroxyl groups is 1. The summed E-state index contributed by atoms with van der Waals surface area (Å²) in [5, 5.41) is 12.1. The molecule has 0 aliphatic heterocycles. The van der Waals surface area contributed by atoms with Gasteiger partial charge in [-0.25, -0.2) is 0 Å². The first kappa shape index (κ1) is 15.1. The van der Waals surface area contributed by atoms with Crippen LogP contribution in [0.4, 0.5) is 0 Å². The molecule has 2 rings (SSSR count). The van der Waals surface area contributed by atoms with Crippen LogP contribution < -0.4 is 0 Å². The van der Waals surface area contributed by atoms with E-state index in [-0.39, 0.29) is 5.41 Å². The van der Waals surface area contributed by atoms with E-state index in [0.29, 0.717) is 5.02 Å². The first-order valence-corrected chi connectivity index (χ1v) is 7.18. The number of aryl methyl sites for hydroxylation is 1. The van der Waals surface area contributed by atoms with Gasteiger partial charge in [-0.2, -0.15) is 0 Å². The molecule has 2 heteroatoms. The van der Waals surface area contributed by atoms with Crippen LogP contribution >= 0.6 is 11.6 Å². The molecule has 0 aromatic heterocycles. The maximum Gasteiger partial charge on any atom is 0.119 e. The molecule has 0 bridgehead atoms. The lowest BCUT2D eigenvalue weighted by atomic mass is 9.68. The maximum absolute atomic E-state index is 11.4. The second kappa shape index (κ2) is 5.23. The molecule has 0 heterocycles. The Morgan fingerprint density at radius 3 is 1.60 bits per heavy atom. The molecule has 0 unspecified atom stereocenters. The molecule has 0 saturated carbocycles. The summed E-state index contributed by atoms with van der Waals surface area (Å²) in [7, 11) is 0. The van der Waals surface area contributed by atoms with Crippen molar-refractivity contribution < 1.29 is 5.11 Å². The molecule has 1 N–H and O–H groups in total. The highest BCUT2D eigenvalue weighted by atomic mass is 35.5. The third kappa shape index (κ3) is 2.61. The summed E-state index contributed by atoms with van der Waals surface area (Å²) in [6.07, 6.45) is 0. The third-order valence-corrected chi connectivity index (χ3v) is 4.07. The van der Waals surface area contributed by atoms with E-state index in [0.717, 1.165) is 11.1 Å². The Labute approximate surface area is 126 Å². The van der Waals surface area contributed by atoms with Crippen molar-refractivity contribution >= 4 is 11.6 Å². The average Bonchev–Trinajstić information content (AvgIpc) is 2.38. The second-order valence-corrected chi connectivity index (χ2v) is 6.77. The van der Waals surface area contributed by atoms with Gasteiger partial charge in [-0.3, -0.25) is 0 Å². The predicted octanol–water partition coefficient (Wildman–Crippen LogP) is 4.93. The van der Waals surface area contributed by atoms with Crippen molar-refractivity contribution in [2.24, 2.45) is 5.41 Å². The van der Waals surface area contributed by atoms with Crippen molar-refractivity contribution in [3.63, 3.8) is 0 Å². The summed E-state index contributed by atoms with van der Waals surface area (Å²) in [5.74, 6) is 0. The van der Waals surface area contributed by atoms with E-state index < -0.39 is 5.60 Å². The summed E-state index contributed by atoms with van der Waals surface area (Å²) in [6, 6.07) is 15.5. The van der Waals surface area contributed by atoms with Crippen molar-refractivity contribution in [3.05, 3.63) is 70.2 Å². The zero-order chi connectivity index (χ0) is 15.0. The van der Waals surface area contributed by atoms with Gasteiger partial charge in [-0.1, -0.05) is 74.3 Å². The quantitative estimate of drug-likeness (QED) is 0.831. The van der Waals surface area contributed by atoms with Crippen LogP contribution in [0.2, 0.25) is 5.02 Å². The van der Waals surface area contributed by atoms with E-state index >= 15 is 0 Å². The van der Waals surface area contributed by atoms with E-state index in [1.54, 1.807) is 0 Å². The fourth-order valence-corrected chi connectivity index (χ4v) is 2.64. The average molecular weight is 289 g/mol. The number of hydrogen-bond acceptors (Lipinski definition) is 1. The normalized spacial score (nSPS) is 14.9. The molecule has 0 fully saturated rings. The summed E-state index contributed by atoms with van der Waals surface area (Å²) in [6.45, 7) is 8.17. The zero-order valence-corrected chi connectivity index (χ0v) is 13.2. The Morgan fingerprint density at radius 1 is 0.800 bits per heavy atom. The van der Waals surface area contributed by atoms with E-state index in [1.807, 2.05) is 76.2 Å². The Hall–Kier alpha value is -1.31. The van der Waals surface area contributed by atoms with E-state index in [4.69, 9.17) is 11.6 Å². The molecule has 106 valence electrons. The van der Waals surface area contributed by atoms with Crippen molar-refractivity contribution in [2.45, 2.75) is 33.3 Å². The highest BCUT2D eigenvalue weighted by Gasteiger charge is 2.43. The molecule has 20 heavy (non-hydrogen) atoms. The number of halogens is 1. The lowest BCUT2D eigenvalue weighted by molar-refractivity contribution is -0.0259. The first-order chi connectivity index (χ1) is 9.25. The maximum atomic E-state index is 11.4. The molecule has 0 aliphatic carbocycles. The van der Waals surface area contributed by atoms with Crippen LogP contribution in [0.3, 0.4) is 0 Å². The van der Waals surface area contributed by atoms with Crippen LogP contribution in [-0.2, 0) is 5.60 Å². The Kier molecular flexibility index (Phi) is 3.95. The highest BCUT2D eigenvalue weighted by molar-refractivity contribution is 6.30. The topological polar surface area (TPSA) is 20.2 Å². The van der Waals surface area contributed by atoms with Gasteiger partial charge in [-0.15, -0.1) is 0 Å². The van der Waals surface area contributed by atoms with Gasteiger partial charge in [0.25, 0.3) is 0 Å². The monoisotopic (exact) mass is 288 g/mol. The van der Waals surface area contributed by atoms with E-state index in [2.05, 4.69) is 0 Å². The first-order valence-electron chi connectivity index (χ1n) is 6.81. The zero-order valence-electron chi connectivity index (χ0n) is 12.4. The van der Waals surface area contributed by atoms with Crippen LogP contribution in [-0.4, -0.2) is 5.11 Å². The molecule has 2 aromatic rings. The van der Waals surface area contributed by atoms with Crippen LogP contribution in [0, 0.1) is 12.3 Å². The molecule has 2 aromatic carbocycles. The predicted molar refractivity (Wildman–Crippen MR) is 85.1 cm³/mol. The van der Waals surface area contributed by atoms with E-state index in [1.165, 1.54) is 5.56 Å². The smallest absolute Gasteiger partial charge is 0.119 e. The Bertz CT molecular complexity index is 531. The summed E-state index contributed by atoms with van der Waals surface area (Å²) < 4.78 is 0. The Balaban J connectivity index is 2.62. The standard InChI is InChI=1S/C18H21ClO/c1-13-5-7-14(8-6-13)18(20,17(2,3)4)15-9-11-16(19)12-10-15/h5-12,20H,1-4H3/t18-/m0/s1. The fraction of sp³-hybridized carbons (Fsp3) is 0.333. The van der Waals surface area contributed by atoms with Crippen molar-refractivity contribution in [2.75, 3.05) is 0 Å². The molecule has 0 amide bonds. The van der Waals surface area contributed by atoms with Crippen LogP contribution in [0.25, 0.3) is 0 Å². The van der Waals surface area contributed by atoms with Gasteiger partial charge in [0.05, 0.1) is 0 Å². The number of benzene rings is 2. The van der Waals surface area contributed by atoms with Crippen LogP contribution in [0.5, 0.6) is 0 Å². The highest BCUT2D eigenvalue weighted by Crippen LogP contribution is 2.44. The van der Waals surface area contributed by atoms with E-state index in [9.17, 15) is 5.11 Å². The van der Waals surface area contributed by atoms with Crippen molar-refractivity contribution in [1.82, 2.24) is 0 Å². The Morgan fingerprint density at radius 2 is 1.20 bits per heavy atom. The minimum atomic E-state index is -1.05. The summed E-state index contributed by atoms with van der Waals surface area (Å²) >= 11 is 5.96. The van der Waals surface area contributed by atoms with Gasteiger partial charge in [0, 0.05) is 5.02 Å². The van der Waals surface area contributed by atoms with Crippen molar-refractivity contribution in [1.29, 1.82) is 0 Å². The minimum absolute atomic E-state index is 0.337. The molecule has 0 saturated heterocycles. The second-order valence-electron chi connectivity index (χ2n) is 6.33. The molecule has 0 radical (unpaired) electrons. The van der Waals surface area contributed by atoms with Gasteiger partial charge < -0.3 is 5.11 Å². The molecule has 0 aliphatic rings. The lowest BCUT2D eigenvalue weighted by Crippen LogP contribution is -2.41. The SMILES string of the molecule is Cc1ccc([C@](O)(c2ccc(Cl)cc2)C(C)(C)C)cc1. The van der Waals surface area contributed by atoms with Gasteiger partial charge >= 0.3 is 0 Å². The van der Waals surface area contributed by atoms with Gasteiger partial charge in [0.1, 0.15) is 5.60 Å². The fourth-order valence-electron chi connectivity index (χ4n) is 2.52. The number of rotatable bonds is 2. The van der Waals surface area contributed by atoms with Crippen LogP contribution in [0.1, 0.15) is 37.5 Å². The van der Waals surface area contributed by atoms with Gasteiger partial charge in [0.2, 0.25) is 0 Å². The summed E-state index contributed by atoms with van der Waals surface area (Å²) in [4.78, 5) is 0. The number of hydrogen-bond donors (Lipinski definition) is 1. The lowest BCUT2D eigenvalue weighted by Gasteiger charge is -2.41. The van der Waals surface area contributed by atoms with Gasteiger partial charge in [0.15, 0.2) is 0 Å². The van der Waals surface area contributed by atoms with Gasteiger partial charge in [-0.05, 0) is 35.6 Å². The molecule has 0 spiro atoms. The van der Waals surface area contributed by atoms with Crippen LogP contribution in [0.15, 0.2) is 48.5 Å².